The Balaban J connectivity index is 1.46. The number of anilines is 1. The molecule has 6 nitrogen and oxygen atoms in total. The minimum atomic E-state index is -2.50. The molecular formula is C20H22F2N4O2. The number of likely N-dealkylation sites (tertiary alicyclic amines) is 1. The summed E-state index contributed by atoms with van der Waals surface area (Å²) in [6.45, 7) is 0.494. The Morgan fingerprint density at radius 3 is 2.61 bits per heavy atom. The number of piperidine rings is 1. The van der Waals surface area contributed by atoms with E-state index in [-0.39, 0.29) is 17.7 Å². The van der Waals surface area contributed by atoms with Crippen LogP contribution in [0.1, 0.15) is 18.4 Å². The molecule has 0 atom stereocenters. The first-order valence-corrected chi connectivity index (χ1v) is 9.15. The molecule has 0 saturated carbocycles. The molecule has 148 valence electrons. The molecule has 28 heavy (non-hydrogen) atoms. The summed E-state index contributed by atoms with van der Waals surface area (Å²) in [5.41, 5.74) is 1.35. The topological polar surface area (TPSA) is 67.2 Å². The standard InChI is InChI=1S/C20H22F2N4O2/c21-18(22)14-26-13-17(12-23-26)24-20(28)16-8-10-25(11-9-16)19(27)7-6-15-4-2-1-3-5-15/h1-7,12-13,16,18H,8-11,14H2,(H,24,28). The van der Waals surface area contributed by atoms with E-state index in [4.69, 9.17) is 0 Å². The number of nitrogens with zero attached hydrogens (tertiary/aromatic N) is 3. The molecule has 0 spiro atoms. The summed E-state index contributed by atoms with van der Waals surface area (Å²) < 4.78 is 25.8. The average Bonchev–Trinajstić information content (AvgIpc) is 3.13. The molecule has 2 aromatic rings. The Labute approximate surface area is 161 Å². The monoisotopic (exact) mass is 388 g/mol. The van der Waals surface area contributed by atoms with Gasteiger partial charge in [0.1, 0.15) is 6.54 Å². The van der Waals surface area contributed by atoms with Crippen LogP contribution in [0, 0.1) is 5.92 Å². The van der Waals surface area contributed by atoms with Crippen molar-refractivity contribution in [3.63, 3.8) is 0 Å². The smallest absolute Gasteiger partial charge is 0.257 e. The maximum atomic E-state index is 12.4. The third-order valence-electron chi connectivity index (χ3n) is 4.62. The number of amides is 2. The third-order valence-corrected chi connectivity index (χ3v) is 4.62. The molecule has 1 aromatic heterocycles. The number of carbonyl (C=O) groups excluding carboxylic acids is 2. The first kappa shape index (κ1) is 19.7. The number of hydrogen-bond acceptors (Lipinski definition) is 3. The number of nitrogens with one attached hydrogen (secondary N) is 1. The fourth-order valence-electron chi connectivity index (χ4n) is 3.11. The summed E-state index contributed by atoms with van der Waals surface area (Å²) in [5, 5.41) is 6.51. The van der Waals surface area contributed by atoms with E-state index in [1.165, 1.54) is 12.4 Å². The number of alkyl halides is 2. The van der Waals surface area contributed by atoms with Gasteiger partial charge in [0.05, 0.1) is 11.9 Å². The Morgan fingerprint density at radius 1 is 1.21 bits per heavy atom. The van der Waals surface area contributed by atoms with Crippen LogP contribution in [-0.4, -0.2) is 46.0 Å². The van der Waals surface area contributed by atoms with Gasteiger partial charge < -0.3 is 10.2 Å². The van der Waals surface area contributed by atoms with Crippen molar-refractivity contribution >= 4 is 23.6 Å². The van der Waals surface area contributed by atoms with Crippen LogP contribution in [0.5, 0.6) is 0 Å². The van der Waals surface area contributed by atoms with Crippen molar-refractivity contribution in [1.82, 2.24) is 14.7 Å². The molecule has 3 rings (SSSR count). The summed E-state index contributed by atoms with van der Waals surface area (Å²) in [7, 11) is 0. The maximum absolute atomic E-state index is 12.4. The summed E-state index contributed by atoms with van der Waals surface area (Å²) in [6.07, 6.45) is 4.68. The van der Waals surface area contributed by atoms with Crippen molar-refractivity contribution in [3.8, 4) is 0 Å². The third kappa shape index (κ3) is 5.48. The van der Waals surface area contributed by atoms with Crippen molar-refractivity contribution < 1.29 is 18.4 Å². The predicted octanol–water partition coefficient (Wildman–Crippen LogP) is 3.04. The van der Waals surface area contributed by atoms with E-state index in [9.17, 15) is 18.4 Å². The van der Waals surface area contributed by atoms with E-state index in [1.807, 2.05) is 30.3 Å². The lowest BCUT2D eigenvalue weighted by Gasteiger charge is -2.30. The lowest BCUT2D eigenvalue weighted by molar-refractivity contribution is -0.130. The van der Waals surface area contributed by atoms with Gasteiger partial charge in [0.25, 0.3) is 6.43 Å². The average molecular weight is 388 g/mol. The van der Waals surface area contributed by atoms with Gasteiger partial charge in [-0.1, -0.05) is 30.3 Å². The highest BCUT2D eigenvalue weighted by Crippen LogP contribution is 2.20. The Bertz CT molecular complexity index is 828. The summed E-state index contributed by atoms with van der Waals surface area (Å²) >= 11 is 0. The zero-order chi connectivity index (χ0) is 19.9. The van der Waals surface area contributed by atoms with Crippen LogP contribution in [0.25, 0.3) is 6.08 Å². The van der Waals surface area contributed by atoms with E-state index >= 15 is 0 Å². The van der Waals surface area contributed by atoms with Gasteiger partial charge in [0, 0.05) is 31.3 Å². The van der Waals surface area contributed by atoms with Crippen LogP contribution in [0.15, 0.2) is 48.8 Å². The van der Waals surface area contributed by atoms with E-state index < -0.39 is 13.0 Å². The van der Waals surface area contributed by atoms with Gasteiger partial charge in [0.2, 0.25) is 11.8 Å². The van der Waals surface area contributed by atoms with E-state index in [1.54, 1.807) is 17.1 Å². The number of aromatic nitrogens is 2. The van der Waals surface area contributed by atoms with Gasteiger partial charge in [-0.05, 0) is 24.5 Å². The normalized spacial score (nSPS) is 15.3. The summed E-state index contributed by atoms with van der Waals surface area (Å²) in [5.74, 6) is -0.472. The molecule has 1 aliphatic rings. The predicted molar refractivity (Wildman–Crippen MR) is 102 cm³/mol. The minimum Gasteiger partial charge on any atom is -0.339 e. The lowest BCUT2D eigenvalue weighted by Crippen LogP contribution is -2.40. The first-order chi connectivity index (χ1) is 13.5. The van der Waals surface area contributed by atoms with Crippen molar-refractivity contribution in [3.05, 3.63) is 54.4 Å². The Hall–Kier alpha value is -3.03. The molecular weight excluding hydrogens is 366 g/mol. The van der Waals surface area contributed by atoms with Crippen LogP contribution in [0.2, 0.25) is 0 Å². The first-order valence-electron chi connectivity index (χ1n) is 9.15. The molecule has 1 fully saturated rings. The fraction of sp³-hybridized carbons (Fsp3) is 0.350. The second kappa shape index (κ2) is 9.25. The van der Waals surface area contributed by atoms with Gasteiger partial charge in [-0.25, -0.2) is 8.78 Å². The number of halogens is 2. The molecule has 1 saturated heterocycles. The Kier molecular flexibility index (Phi) is 6.52. The van der Waals surface area contributed by atoms with Gasteiger partial charge in [-0.3, -0.25) is 14.3 Å². The van der Waals surface area contributed by atoms with Crippen molar-refractivity contribution in [2.45, 2.75) is 25.8 Å². The molecule has 1 N–H and O–H groups in total. The molecule has 2 heterocycles. The fourth-order valence-corrected chi connectivity index (χ4v) is 3.11. The molecule has 1 aliphatic heterocycles. The molecule has 0 bridgehead atoms. The van der Waals surface area contributed by atoms with Crippen molar-refractivity contribution in [2.24, 2.45) is 5.92 Å². The van der Waals surface area contributed by atoms with Crippen LogP contribution in [0.4, 0.5) is 14.5 Å². The molecule has 0 radical (unpaired) electrons. The molecule has 0 unspecified atom stereocenters. The molecule has 8 heteroatoms. The van der Waals surface area contributed by atoms with Gasteiger partial charge in [0.15, 0.2) is 0 Å². The van der Waals surface area contributed by atoms with E-state index in [0.717, 1.165) is 10.2 Å². The maximum Gasteiger partial charge on any atom is 0.257 e. The number of rotatable bonds is 6. The van der Waals surface area contributed by atoms with E-state index in [0.29, 0.717) is 31.6 Å². The van der Waals surface area contributed by atoms with Crippen LogP contribution < -0.4 is 5.32 Å². The minimum absolute atomic E-state index is 0.0732. The highest BCUT2D eigenvalue weighted by atomic mass is 19.3. The van der Waals surface area contributed by atoms with Crippen LogP contribution in [0.3, 0.4) is 0 Å². The van der Waals surface area contributed by atoms with Gasteiger partial charge >= 0.3 is 0 Å². The molecule has 0 aliphatic carbocycles. The van der Waals surface area contributed by atoms with Crippen molar-refractivity contribution in [2.75, 3.05) is 18.4 Å². The van der Waals surface area contributed by atoms with Crippen LogP contribution >= 0.6 is 0 Å². The largest absolute Gasteiger partial charge is 0.339 e. The zero-order valence-corrected chi connectivity index (χ0v) is 15.3. The highest BCUT2D eigenvalue weighted by molar-refractivity contribution is 5.93. The second-order valence-electron chi connectivity index (χ2n) is 6.67. The quantitative estimate of drug-likeness (QED) is 0.774. The summed E-state index contributed by atoms with van der Waals surface area (Å²) in [4.78, 5) is 26.4. The lowest BCUT2D eigenvalue weighted by atomic mass is 9.95. The number of carbonyl (C=O) groups is 2. The summed E-state index contributed by atoms with van der Waals surface area (Å²) in [6, 6.07) is 9.57. The number of benzene rings is 1. The molecule has 1 aromatic carbocycles. The number of hydrogen-bond donors (Lipinski definition) is 1. The zero-order valence-electron chi connectivity index (χ0n) is 15.3. The highest BCUT2D eigenvalue weighted by Gasteiger charge is 2.26. The SMILES string of the molecule is O=C(Nc1cnn(CC(F)F)c1)C1CCN(C(=O)C=Cc2ccccc2)CC1. The van der Waals surface area contributed by atoms with E-state index in [2.05, 4.69) is 10.4 Å². The Morgan fingerprint density at radius 2 is 1.93 bits per heavy atom. The second-order valence-corrected chi connectivity index (χ2v) is 6.67. The van der Waals surface area contributed by atoms with Gasteiger partial charge in [-0.15, -0.1) is 0 Å². The van der Waals surface area contributed by atoms with Crippen molar-refractivity contribution in [1.29, 1.82) is 0 Å². The van der Waals surface area contributed by atoms with Crippen LogP contribution in [-0.2, 0) is 16.1 Å². The van der Waals surface area contributed by atoms with Gasteiger partial charge in [-0.2, -0.15) is 5.10 Å². The molecule has 2 amide bonds.